The first-order valence-corrected chi connectivity index (χ1v) is 7.35. The number of rotatable bonds is 3. The van der Waals surface area contributed by atoms with Crippen molar-refractivity contribution in [3.8, 4) is 0 Å². The summed E-state index contributed by atoms with van der Waals surface area (Å²) in [5.41, 5.74) is 4.15. The number of ether oxygens (including phenoxy) is 1. The van der Waals surface area contributed by atoms with E-state index in [2.05, 4.69) is 5.32 Å². The molecule has 1 unspecified atom stereocenters. The normalized spacial score (nSPS) is 18.3. The van der Waals surface area contributed by atoms with Gasteiger partial charge in [-0.05, 0) is 38.8 Å². The average molecular weight is 302 g/mol. The molecule has 0 aromatic heterocycles. The summed E-state index contributed by atoms with van der Waals surface area (Å²) in [6.45, 7) is 8.11. The number of amides is 2. The van der Waals surface area contributed by atoms with E-state index in [0.717, 1.165) is 16.7 Å². The van der Waals surface area contributed by atoms with Crippen LogP contribution in [0.4, 0.5) is 4.79 Å². The van der Waals surface area contributed by atoms with E-state index in [1.807, 2.05) is 39.0 Å². The summed E-state index contributed by atoms with van der Waals surface area (Å²) in [6, 6.07) is 5.32. The lowest BCUT2D eigenvalue weighted by atomic mass is 9.91. The molecule has 1 aromatic carbocycles. The zero-order valence-electron chi connectivity index (χ0n) is 13.7. The van der Waals surface area contributed by atoms with Crippen LogP contribution in [-0.2, 0) is 9.53 Å². The second-order valence-corrected chi connectivity index (χ2v) is 5.48. The van der Waals surface area contributed by atoms with E-state index in [9.17, 15) is 9.59 Å². The van der Waals surface area contributed by atoms with Gasteiger partial charge in [0.1, 0.15) is 0 Å². The Morgan fingerprint density at radius 3 is 2.59 bits per heavy atom. The minimum atomic E-state index is -0.484. The van der Waals surface area contributed by atoms with E-state index in [4.69, 9.17) is 4.74 Å². The predicted octanol–water partition coefficient (Wildman–Crippen LogP) is 2.84. The van der Waals surface area contributed by atoms with Crippen molar-refractivity contribution in [1.29, 1.82) is 0 Å². The molecule has 2 rings (SSSR count). The number of allylic oxidation sites excluding steroid dienone is 1. The van der Waals surface area contributed by atoms with Crippen LogP contribution < -0.4 is 5.32 Å². The fourth-order valence-corrected chi connectivity index (χ4v) is 2.84. The summed E-state index contributed by atoms with van der Waals surface area (Å²) in [6.07, 6.45) is 0. The summed E-state index contributed by atoms with van der Waals surface area (Å²) in [4.78, 5) is 26.1. The van der Waals surface area contributed by atoms with Gasteiger partial charge in [-0.3, -0.25) is 4.90 Å². The van der Waals surface area contributed by atoms with Gasteiger partial charge in [0.25, 0.3) is 0 Å². The van der Waals surface area contributed by atoms with Crippen molar-refractivity contribution in [1.82, 2.24) is 10.2 Å². The number of carbonyl (C=O) groups is 2. The lowest BCUT2D eigenvalue weighted by Crippen LogP contribution is -2.48. The van der Waals surface area contributed by atoms with Crippen molar-refractivity contribution in [2.45, 2.75) is 33.7 Å². The van der Waals surface area contributed by atoms with Crippen molar-refractivity contribution in [2.24, 2.45) is 0 Å². The number of aryl methyl sites for hydroxylation is 2. The number of methoxy groups -OCH3 is 1. The third-order valence-corrected chi connectivity index (χ3v) is 4.06. The molecule has 0 fully saturated rings. The molecule has 22 heavy (non-hydrogen) atoms. The van der Waals surface area contributed by atoms with E-state index in [0.29, 0.717) is 17.8 Å². The standard InChI is InChI=1S/C17H22N2O3/c1-6-19-12(4)14(16(20)22-5)15(18-17(19)21)13-9-10(2)7-8-11(13)3/h7-9,15H,6H2,1-5H3,(H,18,21). The Bertz CT molecular complexity index is 649. The van der Waals surface area contributed by atoms with Crippen molar-refractivity contribution in [3.05, 3.63) is 46.2 Å². The molecular formula is C17H22N2O3. The van der Waals surface area contributed by atoms with Crippen molar-refractivity contribution >= 4 is 12.0 Å². The number of esters is 1. The van der Waals surface area contributed by atoms with Gasteiger partial charge in [0, 0.05) is 12.2 Å². The minimum Gasteiger partial charge on any atom is -0.466 e. The van der Waals surface area contributed by atoms with Crippen LogP contribution >= 0.6 is 0 Å². The van der Waals surface area contributed by atoms with Gasteiger partial charge >= 0.3 is 12.0 Å². The highest BCUT2D eigenvalue weighted by atomic mass is 16.5. The molecule has 0 radical (unpaired) electrons. The monoisotopic (exact) mass is 302 g/mol. The smallest absolute Gasteiger partial charge is 0.337 e. The molecule has 1 N–H and O–H groups in total. The second kappa shape index (κ2) is 6.22. The minimum absolute atomic E-state index is 0.196. The Labute approximate surface area is 130 Å². The van der Waals surface area contributed by atoms with Gasteiger partial charge in [-0.2, -0.15) is 0 Å². The first kappa shape index (κ1) is 16.1. The molecule has 1 aliphatic heterocycles. The first-order valence-electron chi connectivity index (χ1n) is 7.35. The van der Waals surface area contributed by atoms with Crippen LogP contribution in [0, 0.1) is 13.8 Å². The molecule has 118 valence electrons. The third-order valence-electron chi connectivity index (χ3n) is 4.06. The summed E-state index contributed by atoms with van der Waals surface area (Å²) in [5, 5.41) is 2.93. The lowest BCUT2D eigenvalue weighted by Gasteiger charge is -2.35. The van der Waals surface area contributed by atoms with Crippen molar-refractivity contribution < 1.29 is 14.3 Å². The van der Waals surface area contributed by atoms with Gasteiger partial charge < -0.3 is 10.1 Å². The molecule has 0 saturated carbocycles. The highest BCUT2D eigenvalue weighted by Gasteiger charge is 2.36. The molecule has 1 aliphatic rings. The van der Waals surface area contributed by atoms with Gasteiger partial charge in [0.2, 0.25) is 0 Å². The van der Waals surface area contributed by atoms with E-state index in [-0.39, 0.29) is 6.03 Å². The van der Waals surface area contributed by atoms with Crippen LogP contribution in [0.1, 0.15) is 36.6 Å². The molecule has 0 bridgehead atoms. The van der Waals surface area contributed by atoms with E-state index < -0.39 is 12.0 Å². The topological polar surface area (TPSA) is 58.6 Å². The summed E-state index contributed by atoms with van der Waals surface area (Å²) in [5.74, 6) is -0.415. The summed E-state index contributed by atoms with van der Waals surface area (Å²) >= 11 is 0. The number of benzene rings is 1. The first-order chi connectivity index (χ1) is 10.4. The highest BCUT2D eigenvalue weighted by Crippen LogP contribution is 2.33. The van der Waals surface area contributed by atoms with Crippen LogP contribution in [0.3, 0.4) is 0 Å². The molecule has 1 aromatic rings. The van der Waals surface area contributed by atoms with Gasteiger partial charge in [0.15, 0.2) is 0 Å². The molecule has 0 aliphatic carbocycles. The average Bonchev–Trinajstić information content (AvgIpc) is 2.49. The molecule has 5 heteroatoms. The Hall–Kier alpha value is -2.30. The Morgan fingerprint density at radius 2 is 2.00 bits per heavy atom. The number of urea groups is 1. The second-order valence-electron chi connectivity index (χ2n) is 5.48. The van der Waals surface area contributed by atoms with Crippen LogP contribution in [0.25, 0.3) is 0 Å². The maximum absolute atomic E-state index is 12.3. The zero-order valence-corrected chi connectivity index (χ0v) is 13.7. The zero-order chi connectivity index (χ0) is 16.4. The van der Waals surface area contributed by atoms with Gasteiger partial charge in [-0.15, -0.1) is 0 Å². The molecule has 5 nitrogen and oxygen atoms in total. The Kier molecular flexibility index (Phi) is 4.54. The summed E-state index contributed by atoms with van der Waals surface area (Å²) in [7, 11) is 1.36. The molecule has 1 heterocycles. The fraction of sp³-hybridized carbons (Fsp3) is 0.412. The third kappa shape index (κ3) is 2.71. The summed E-state index contributed by atoms with van der Waals surface area (Å²) < 4.78 is 4.94. The number of carbonyl (C=O) groups excluding carboxylic acids is 2. The lowest BCUT2D eigenvalue weighted by molar-refractivity contribution is -0.136. The fourth-order valence-electron chi connectivity index (χ4n) is 2.84. The Morgan fingerprint density at radius 1 is 1.32 bits per heavy atom. The Balaban J connectivity index is 2.62. The number of hydrogen-bond donors (Lipinski definition) is 1. The van der Waals surface area contributed by atoms with Crippen molar-refractivity contribution in [3.63, 3.8) is 0 Å². The SMILES string of the molecule is CCN1C(=O)NC(c2cc(C)ccc2C)C(C(=O)OC)=C1C. The van der Waals surface area contributed by atoms with Gasteiger partial charge in [0.05, 0.1) is 18.7 Å². The maximum atomic E-state index is 12.3. The maximum Gasteiger partial charge on any atom is 0.337 e. The molecule has 1 atom stereocenters. The molecule has 2 amide bonds. The van der Waals surface area contributed by atoms with Crippen molar-refractivity contribution in [2.75, 3.05) is 13.7 Å². The molecular weight excluding hydrogens is 280 g/mol. The van der Waals surface area contributed by atoms with E-state index in [1.165, 1.54) is 7.11 Å². The van der Waals surface area contributed by atoms with E-state index >= 15 is 0 Å². The van der Waals surface area contributed by atoms with E-state index in [1.54, 1.807) is 11.8 Å². The largest absolute Gasteiger partial charge is 0.466 e. The molecule has 0 spiro atoms. The number of nitrogens with zero attached hydrogens (tertiary/aromatic N) is 1. The molecule has 0 saturated heterocycles. The highest BCUT2D eigenvalue weighted by molar-refractivity contribution is 5.95. The van der Waals surface area contributed by atoms with Crippen LogP contribution in [0.2, 0.25) is 0 Å². The number of hydrogen-bond acceptors (Lipinski definition) is 3. The predicted molar refractivity (Wildman–Crippen MR) is 84.3 cm³/mol. The van der Waals surface area contributed by atoms with Gasteiger partial charge in [-0.1, -0.05) is 23.8 Å². The van der Waals surface area contributed by atoms with Gasteiger partial charge in [-0.25, -0.2) is 9.59 Å². The van der Waals surface area contributed by atoms with Crippen LogP contribution in [0.15, 0.2) is 29.5 Å². The van der Waals surface area contributed by atoms with Crippen LogP contribution in [0.5, 0.6) is 0 Å². The van der Waals surface area contributed by atoms with Crippen LogP contribution in [-0.4, -0.2) is 30.6 Å². The number of nitrogens with one attached hydrogen (secondary N) is 1. The quantitative estimate of drug-likeness (QED) is 0.873.